The number of aromatic nitrogens is 3. The number of urea groups is 1. The molecule has 1 saturated heterocycles. The Hall–Kier alpha value is -4.61. The summed E-state index contributed by atoms with van der Waals surface area (Å²) in [5.41, 5.74) is 1.09. The first kappa shape index (κ1) is 33.7. The Labute approximate surface area is 271 Å². The van der Waals surface area contributed by atoms with Gasteiger partial charge in [0.15, 0.2) is 17.1 Å². The van der Waals surface area contributed by atoms with Gasteiger partial charge in [-0.15, -0.1) is 18.3 Å². The number of amides is 3. The van der Waals surface area contributed by atoms with E-state index in [2.05, 4.69) is 25.1 Å². The van der Waals surface area contributed by atoms with Crippen molar-refractivity contribution in [1.82, 2.24) is 14.8 Å². The standard InChI is InChI=1S/C29H21ClF6N6O4S/c1-15-3-9-19(24(45-2)28(31,32)33)22(11-15)42-23(43)13-47-27(42)39-26(44)38-21-10-6-17(12-20(21)30)41-14-37-25(40-41)16-4-7-18(8-5-16)46-29(34,35)36/h3-12,14,24H,13H2,1-2H3,(H,38,44)/b39-27-. The van der Waals surface area contributed by atoms with Crippen LogP contribution >= 0.6 is 23.4 Å². The third-order valence-corrected chi connectivity index (χ3v) is 7.74. The SMILES string of the molecule is COC(c1ccc(C)cc1N1C(=O)CS/C1=N\C(=O)Nc1ccc(-n2cnc(-c3ccc(OC(F)(F)F)cc3)n2)cc1Cl)C(F)(F)F. The number of alkyl halides is 6. The topological polar surface area (TPSA) is 111 Å². The Kier molecular flexibility index (Phi) is 9.51. The number of aliphatic imine (C=N–C) groups is 1. The van der Waals surface area contributed by atoms with Crippen LogP contribution in [-0.2, 0) is 9.53 Å². The number of anilines is 2. The first-order valence-electron chi connectivity index (χ1n) is 13.3. The minimum atomic E-state index is -4.83. The van der Waals surface area contributed by atoms with Gasteiger partial charge in [0.05, 0.1) is 27.8 Å². The van der Waals surface area contributed by atoms with Crippen LogP contribution in [0.15, 0.2) is 72.0 Å². The maximum atomic E-state index is 13.7. The van der Waals surface area contributed by atoms with Crippen LogP contribution in [0, 0.1) is 6.92 Å². The van der Waals surface area contributed by atoms with Crippen molar-refractivity contribution in [1.29, 1.82) is 0 Å². The highest BCUT2D eigenvalue weighted by Gasteiger charge is 2.44. The number of carbonyl (C=O) groups is 2. The first-order chi connectivity index (χ1) is 22.1. The van der Waals surface area contributed by atoms with E-state index in [4.69, 9.17) is 16.3 Å². The second-order valence-corrected chi connectivity index (χ2v) is 11.2. The van der Waals surface area contributed by atoms with Gasteiger partial charge in [-0.2, -0.15) is 18.2 Å². The third kappa shape index (κ3) is 7.86. The highest BCUT2D eigenvalue weighted by atomic mass is 35.5. The van der Waals surface area contributed by atoms with Crippen LogP contribution in [-0.4, -0.2) is 57.3 Å². The molecule has 47 heavy (non-hydrogen) atoms. The normalized spacial score (nSPS) is 15.3. The molecule has 1 atom stereocenters. The molecular formula is C29H21ClF6N6O4S. The molecule has 4 aromatic rings. The summed E-state index contributed by atoms with van der Waals surface area (Å²) in [6.07, 6.45) is -10.6. The van der Waals surface area contributed by atoms with Gasteiger partial charge in [-0.1, -0.05) is 35.5 Å². The van der Waals surface area contributed by atoms with Crippen LogP contribution < -0.4 is 15.0 Å². The molecule has 0 spiro atoms. The average molecular weight is 699 g/mol. The summed E-state index contributed by atoms with van der Waals surface area (Å²) in [4.78, 5) is 34.8. The van der Waals surface area contributed by atoms with Crippen LogP contribution in [0.4, 0.5) is 42.5 Å². The Bertz CT molecular complexity index is 1850. The van der Waals surface area contributed by atoms with Gasteiger partial charge in [-0.3, -0.25) is 9.69 Å². The molecule has 0 aliphatic carbocycles. The molecule has 1 aromatic heterocycles. The van der Waals surface area contributed by atoms with Crippen molar-refractivity contribution in [2.24, 2.45) is 4.99 Å². The monoisotopic (exact) mass is 698 g/mol. The Morgan fingerprint density at radius 3 is 2.43 bits per heavy atom. The lowest BCUT2D eigenvalue weighted by Crippen LogP contribution is -2.33. The number of hydrogen-bond donors (Lipinski definition) is 1. The van der Waals surface area contributed by atoms with E-state index in [0.717, 1.165) is 35.9 Å². The molecule has 0 saturated carbocycles. The van der Waals surface area contributed by atoms with E-state index in [9.17, 15) is 35.9 Å². The van der Waals surface area contributed by atoms with Gasteiger partial charge in [0, 0.05) is 18.2 Å². The summed E-state index contributed by atoms with van der Waals surface area (Å²) in [6.45, 7) is 1.64. The summed E-state index contributed by atoms with van der Waals surface area (Å²) in [6, 6.07) is 12.5. The number of halogens is 7. The van der Waals surface area contributed by atoms with Crippen LogP contribution in [0.25, 0.3) is 17.1 Å². The number of hydrogen-bond acceptors (Lipinski definition) is 7. The summed E-state index contributed by atoms with van der Waals surface area (Å²) in [5.74, 6) is -0.943. The average Bonchev–Trinajstić information content (AvgIpc) is 3.61. The predicted molar refractivity (Wildman–Crippen MR) is 162 cm³/mol. The Balaban J connectivity index is 1.33. The molecule has 10 nitrogen and oxygen atoms in total. The molecule has 0 bridgehead atoms. The number of nitrogens with zero attached hydrogens (tertiary/aromatic N) is 5. The zero-order valence-corrected chi connectivity index (χ0v) is 25.6. The summed E-state index contributed by atoms with van der Waals surface area (Å²) < 4.78 is 88.4. The van der Waals surface area contributed by atoms with Gasteiger partial charge in [0.2, 0.25) is 5.91 Å². The maximum absolute atomic E-state index is 13.7. The van der Waals surface area contributed by atoms with Crippen molar-refractivity contribution in [3.63, 3.8) is 0 Å². The molecule has 1 aliphatic rings. The second kappa shape index (κ2) is 13.2. The van der Waals surface area contributed by atoms with Crippen LogP contribution in [0.1, 0.15) is 17.2 Å². The fraction of sp³-hybridized carbons (Fsp3) is 0.207. The maximum Gasteiger partial charge on any atom is 0.573 e. The van der Waals surface area contributed by atoms with Gasteiger partial charge in [-0.05, 0) is 61.0 Å². The van der Waals surface area contributed by atoms with Gasteiger partial charge in [0.25, 0.3) is 0 Å². The van der Waals surface area contributed by atoms with Gasteiger partial charge >= 0.3 is 18.6 Å². The van der Waals surface area contributed by atoms with Gasteiger partial charge in [-0.25, -0.2) is 14.5 Å². The molecule has 1 fully saturated rings. The molecule has 1 aliphatic heterocycles. The lowest BCUT2D eigenvalue weighted by atomic mass is 10.0. The predicted octanol–water partition coefficient (Wildman–Crippen LogP) is 7.71. The summed E-state index contributed by atoms with van der Waals surface area (Å²) >= 11 is 7.27. The molecular weight excluding hydrogens is 678 g/mol. The smallest absolute Gasteiger partial charge is 0.406 e. The second-order valence-electron chi connectivity index (χ2n) is 9.81. The minimum absolute atomic E-state index is 0.0582. The van der Waals surface area contributed by atoms with E-state index in [1.165, 1.54) is 59.5 Å². The summed E-state index contributed by atoms with van der Waals surface area (Å²) in [5, 5.41) is 6.71. The molecule has 5 rings (SSSR count). The molecule has 1 unspecified atom stereocenters. The van der Waals surface area contributed by atoms with E-state index in [1.54, 1.807) is 6.92 Å². The van der Waals surface area contributed by atoms with Crippen LogP contribution in [0.3, 0.4) is 0 Å². The van der Waals surface area contributed by atoms with Crippen molar-refractivity contribution in [2.75, 3.05) is 23.1 Å². The van der Waals surface area contributed by atoms with Crippen molar-refractivity contribution < 1.29 is 45.4 Å². The first-order valence-corrected chi connectivity index (χ1v) is 14.6. The molecule has 3 amide bonds. The Morgan fingerprint density at radius 2 is 1.79 bits per heavy atom. The van der Waals surface area contributed by atoms with E-state index < -0.39 is 36.3 Å². The fourth-order valence-electron chi connectivity index (χ4n) is 4.49. The molecule has 3 aromatic carbocycles. The van der Waals surface area contributed by atoms with Gasteiger partial charge < -0.3 is 14.8 Å². The highest BCUT2D eigenvalue weighted by molar-refractivity contribution is 8.15. The lowest BCUT2D eigenvalue weighted by Gasteiger charge is -2.26. The molecule has 0 radical (unpaired) electrons. The zero-order valence-electron chi connectivity index (χ0n) is 24.1. The highest BCUT2D eigenvalue weighted by Crippen LogP contribution is 2.42. The van der Waals surface area contributed by atoms with Gasteiger partial charge in [0.1, 0.15) is 12.1 Å². The zero-order chi connectivity index (χ0) is 34.1. The van der Waals surface area contributed by atoms with Crippen LogP contribution in [0.2, 0.25) is 5.02 Å². The largest absolute Gasteiger partial charge is 0.573 e. The van der Waals surface area contributed by atoms with E-state index in [1.807, 2.05) is 0 Å². The number of carbonyl (C=O) groups excluding carboxylic acids is 2. The molecule has 1 N–H and O–H groups in total. The quantitative estimate of drug-likeness (QED) is 0.197. The fourth-order valence-corrected chi connectivity index (χ4v) is 5.57. The molecule has 246 valence electrons. The third-order valence-electron chi connectivity index (χ3n) is 6.50. The number of rotatable bonds is 7. The van der Waals surface area contributed by atoms with E-state index in [0.29, 0.717) is 16.8 Å². The number of thioether (sulfide) groups is 1. The number of nitrogens with one attached hydrogen (secondary N) is 1. The van der Waals surface area contributed by atoms with Crippen molar-refractivity contribution >= 4 is 51.8 Å². The number of methoxy groups -OCH3 is 1. The van der Waals surface area contributed by atoms with Crippen LogP contribution in [0.5, 0.6) is 5.75 Å². The number of aryl methyl sites for hydroxylation is 1. The lowest BCUT2D eigenvalue weighted by molar-refractivity contribution is -0.274. The van der Waals surface area contributed by atoms with E-state index in [-0.39, 0.29) is 38.7 Å². The number of amidine groups is 1. The Morgan fingerprint density at radius 1 is 1.06 bits per heavy atom. The number of ether oxygens (including phenoxy) is 2. The van der Waals surface area contributed by atoms with Crippen molar-refractivity contribution in [2.45, 2.75) is 25.6 Å². The number of benzene rings is 3. The molecule has 18 heteroatoms. The molecule has 2 heterocycles. The van der Waals surface area contributed by atoms with Crippen molar-refractivity contribution in [3.8, 4) is 22.8 Å². The minimum Gasteiger partial charge on any atom is -0.406 e. The summed E-state index contributed by atoms with van der Waals surface area (Å²) in [7, 11) is 0.903. The van der Waals surface area contributed by atoms with Crippen molar-refractivity contribution in [3.05, 3.63) is 83.1 Å². The van der Waals surface area contributed by atoms with E-state index >= 15 is 0 Å².